The Balaban J connectivity index is 1.37. The standard InChI is InChI=1S/C22H25F2N5O3/c1-3-31-16-4-6-17(7-5-16)32-14(2)21(30)28-10-8-15(9-11-28)18-12-19(20(23)24)29-22(27-18)25-13-26-29/h4-7,12-15,20H,3,8-11H2,1-2H3/t14-/m0/s1. The SMILES string of the molecule is CCOc1ccc(O[C@@H](C)C(=O)N2CCC(c3cc(C(F)F)n4ncnc4n3)CC2)cc1. The van der Waals surface area contributed by atoms with Gasteiger partial charge < -0.3 is 14.4 Å². The van der Waals surface area contributed by atoms with Gasteiger partial charge in [0.1, 0.15) is 23.5 Å². The number of carbonyl (C=O) groups is 1. The van der Waals surface area contributed by atoms with Gasteiger partial charge >= 0.3 is 0 Å². The molecule has 0 bridgehead atoms. The van der Waals surface area contributed by atoms with E-state index in [1.165, 1.54) is 12.4 Å². The topological polar surface area (TPSA) is 81.9 Å². The van der Waals surface area contributed by atoms with Gasteiger partial charge in [0.25, 0.3) is 18.1 Å². The van der Waals surface area contributed by atoms with Crippen molar-refractivity contribution in [3.63, 3.8) is 0 Å². The van der Waals surface area contributed by atoms with E-state index >= 15 is 0 Å². The fraction of sp³-hybridized carbons (Fsp3) is 0.455. The number of amides is 1. The predicted octanol–water partition coefficient (Wildman–Crippen LogP) is 3.63. The van der Waals surface area contributed by atoms with Gasteiger partial charge in [-0.2, -0.15) is 14.6 Å². The first-order chi connectivity index (χ1) is 15.5. The van der Waals surface area contributed by atoms with Gasteiger partial charge in [-0.25, -0.2) is 13.8 Å². The molecule has 1 aliphatic heterocycles. The van der Waals surface area contributed by atoms with Crippen LogP contribution in [0.2, 0.25) is 0 Å². The maximum Gasteiger partial charge on any atom is 0.280 e. The molecule has 0 spiro atoms. The summed E-state index contributed by atoms with van der Waals surface area (Å²) >= 11 is 0. The van der Waals surface area contributed by atoms with E-state index < -0.39 is 12.5 Å². The molecule has 3 heterocycles. The predicted molar refractivity (Wildman–Crippen MR) is 112 cm³/mol. The van der Waals surface area contributed by atoms with Gasteiger partial charge in [0.15, 0.2) is 6.10 Å². The highest BCUT2D eigenvalue weighted by atomic mass is 19.3. The average Bonchev–Trinajstić information content (AvgIpc) is 3.28. The van der Waals surface area contributed by atoms with E-state index in [1.54, 1.807) is 36.1 Å². The Labute approximate surface area is 184 Å². The van der Waals surface area contributed by atoms with Gasteiger partial charge in [0.2, 0.25) is 0 Å². The van der Waals surface area contributed by atoms with E-state index in [2.05, 4.69) is 15.1 Å². The Hall–Kier alpha value is -3.30. The number of hydrogen-bond acceptors (Lipinski definition) is 6. The summed E-state index contributed by atoms with van der Waals surface area (Å²) < 4.78 is 39.1. The van der Waals surface area contributed by atoms with E-state index in [9.17, 15) is 13.6 Å². The molecule has 170 valence electrons. The van der Waals surface area contributed by atoms with Crippen molar-refractivity contribution in [2.24, 2.45) is 0 Å². The van der Waals surface area contributed by atoms with Crippen LogP contribution in [0.25, 0.3) is 5.78 Å². The van der Waals surface area contributed by atoms with Crippen LogP contribution in [0, 0.1) is 0 Å². The van der Waals surface area contributed by atoms with Crippen LogP contribution in [-0.4, -0.2) is 56.2 Å². The van der Waals surface area contributed by atoms with Crippen molar-refractivity contribution in [3.05, 3.63) is 48.0 Å². The zero-order valence-electron chi connectivity index (χ0n) is 17.9. The Morgan fingerprint density at radius 3 is 2.53 bits per heavy atom. The van der Waals surface area contributed by atoms with E-state index in [4.69, 9.17) is 9.47 Å². The van der Waals surface area contributed by atoms with Crippen LogP contribution in [0.15, 0.2) is 36.7 Å². The molecule has 1 saturated heterocycles. The summed E-state index contributed by atoms with van der Waals surface area (Å²) in [4.78, 5) is 22.9. The summed E-state index contributed by atoms with van der Waals surface area (Å²) in [6.45, 7) is 5.22. The van der Waals surface area contributed by atoms with Crippen molar-refractivity contribution >= 4 is 11.7 Å². The molecule has 0 N–H and O–H groups in total. The van der Waals surface area contributed by atoms with Gasteiger partial charge in [0, 0.05) is 24.7 Å². The van der Waals surface area contributed by atoms with Crippen LogP contribution in [0.1, 0.15) is 50.4 Å². The maximum absolute atomic E-state index is 13.4. The molecule has 1 fully saturated rings. The highest BCUT2D eigenvalue weighted by Gasteiger charge is 2.29. The van der Waals surface area contributed by atoms with E-state index in [-0.39, 0.29) is 23.3 Å². The number of benzene rings is 1. The Morgan fingerprint density at radius 2 is 1.88 bits per heavy atom. The van der Waals surface area contributed by atoms with Gasteiger partial charge in [-0.3, -0.25) is 4.79 Å². The van der Waals surface area contributed by atoms with E-state index in [0.29, 0.717) is 44.0 Å². The van der Waals surface area contributed by atoms with Crippen molar-refractivity contribution < 1.29 is 23.0 Å². The van der Waals surface area contributed by atoms with Crippen molar-refractivity contribution in [3.8, 4) is 11.5 Å². The Kier molecular flexibility index (Phi) is 6.48. The number of carbonyl (C=O) groups excluding carboxylic acids is 1. The first-order valence-corrected chi connectivity index (χ1v) is 10.6. The number of hydrogen-bond donors (Lipinski definition) is 0. The van der Waals surface area contributed by atoms with E-state index in [0.717, 1.165) is 10.3 Å². The molecule has 4 rings (SSSR count). The Bertz CT molecular complexity index is 1070. The van der Waals surface area contributed by atoms with Gasteiger partial charge in [0.05, 0.1) is 6.61 Å². The first-order valence-electron chi connectivity index (χ1n) is 10.6. The number of nitrogens with zero attached hydrogens (tertiary/aromatic N) is 5. The fourth-order valence-electron chi connectivity index (χ4n) is 3.91. The third-order valence-electron chi connectivity index (χ3n) is 5.54. The van der Waals surface area contributed by atoms with Gasteiger partial charge in [-0.1, -0.05) is 0 Å². The number of ether oxygens (including phenoxy) is 2. The largest absolute Gasteiger partial charge is 0.494 e. The van der Waals surface area contributed by atoms with Crippen LogP contribution in [-0.2, 0) is 4.79 Å². The third kappa shape index (κ3) is 4.63. The van der Waals surface area contributed by atoms with Crippen LogP contribution in [0.3, 0.4) is 0 Å². The first kappa shape index (κ1) is 21.9. The monoisotopic (exact) mass is 445 g/mol. The summed E-state index contributed by atoms with van der Waals surface area (Å²) in [7, 11) is 0. The fourth-order valence-corrected chi connectivity index (χ4v) is 3.91. The van der Waals surface area contributed by atoms with E-state index in [1.807, 2.05) is 6.92 Å². The minimum Gasteiger partial charge on any atom is -0.494 e. The number of piperidine rings is 1. The molecule has 1 amide bonds. The molecule has 1 aliphatic rings. The number of halogens is 2. The van der Waals surface area contributed by atoms with Gasteiger partial charge in [-0.15, -0.1) is 0 Å². The molecule has 3 aromatic rings. The van der Waals surface area contributed by atoms with Crippen LogP contribution in [0.5, 0.6) is 11.5 Å². The maximum atomic E-state index is 13.4. The van der Waals surface area contributed by atoms with Crippen molar-refractivity contribution in [1.82, 2.24) is 24.5 Å². The molecule has 0 radical (unpaired) electrons. The van der Waals surface area contributed by atoms with Crippen molar-refractivity contribution in [2.45, 2.75) is 45.1 Å². The number of alkyl halides is 2. The average molecular weight is 445 g/mol. The molecule has 8 nitrogen and oxygen atoms in total. The molecule has 0 saturated carbocycles. The normalized spacial score (nSPS) is 15.8. The second-order valence-corrected chi connectivity index (χ2v) is 7.64. The Morgan fingerprint density at radius 1 is 1.19 bits per heavy atom. The second-order valence-electron chi connectivity index (χ2n) is 7.64. The lowest BCUT2D eigenvalue weighted by Crippen LogP contribution is -2.44. The van der Waals surface area contributed by atoms with Crippen LogP contribution < -0.4 is 9.47 Å². The molecule has 32 heavy (non-hydrogen) atoms. The lowest BCUT2D eigenvalue weighted by Gasteiger charge is -2.33. The summed E-state index contributed by atoms with van der Waals surface area (Å²) in [5.74, 6) is 1.36. The number of likely N-dealkylation sites (tertiary alicyclic amines) is 1. The van der Waals surface area contributed by atoms with Crippen LogP contribution >= 0.6 is 0 Å². The zero-order valence-corrected chi connectivity index (χ0v) is 17.9. The summed E-state index contributed by atoms with van der Waals surface area (Å²) in [6, 6.07) is 8.54. The zero-order chi connectivity index (χ0) is 22.7. The number of rotatable bonds is 7. The molecular formula is C22H25F2N5O3. The smallest absolute Gasteiger partial charge is 0.280 e. The summed E-state index contributed by atoms with van der Waals surface area (Å²) in [5.41, 5.74) is 0.338. The molecule has 1 atom stereocenters. The summed E-state index contributed by atoms with van der Waals surface area (Å²) in [6.07, 6.45) is -0.850. The number of fused-ring (bicyclic) bond motifs is 1. The molecule has 0 aliphatic carbocycles. The lowest BCUT2D eigenvalue weighted by atomic mass is 9.92. The second kappa shape index (κ2) is 9.46. The minimum absolute atomic E-state index is 0.0272. The lowest BCUT2D eigenvalue weighted by molar-refractivity contribution is -0.139. The minimum atomic E-state index is -2.68. The van der Waals surface area contributed by atoms with Gasteiger partial charge in [-0.05, 0) is 57.0 Å². The van der Waals surface area contributed by atoms with Crippen molar-refractivity contribution in [1.29, 1.82) is 0 Å². The quantitative estimate of drug-likeness (QED) is 0.552. The molecule has 1 aromatic carbocycles. The molecule has 10 heteroatoms. The highest BCUT2D eigenvalue weighted by molar-refractivity contribution is 5.81. The molecule has 0 unspecified atom stereocenters. The van der Waals surface area contributed by atoms with Crippen LogP contribution in [0.4, 0.5) is 8.78 Å². The van der Waals surface area contributed by atoms with Crippen molar-refractivity contribution in [2.75, 3.05) is 19.7 Å². The number of aromatic nitrogens is 4. The highest BCUT2D eigenvalue weighted by Crippen LogP contribution is 2.30. The third-order valence-corrected chi connectivity index (χ3v) is 5.54. The molecular weight excluding hydrogens is 420 g/mol. The molecule has 2 aromatic heterocycles. The summed E-state index contributed by atoms with van der Waals surface area (Å²) in [5, 5.41) is 3.82.